The van der Waals surface area contributed by atoms with Crippen LogP contribution in [0.4, 0.5) is 0 Å². The number of likely N-dealkylation sites (tertiary alicyclic amines) is 1. The van der Waals surface area contributed by atoms with Crippen molar-refractivity contribution in [3.8, 4) is 10.7 Å². The van der Waals surface area contributed by atoms with E-state index < -0.39 is 0 Å². The van der Waals surface area contributed by atoms with Gasteiger partial charge in [0.2, 0.25) is 5.91 Å². The van der Waals surface area contributed by atoms with Crippen molar-refractivity contribution in [2.24, 2.45) is 0 Å². The molecule has 1 amide bonds. The Bertz CT molecular complexity index is 660. The summed E-state index contributed by atoms with van der Waals surface area (Å²) in [4.78, 5) is 27.2. The van der Waals surface area contributed by atoms with E-state index in [0.717, 1.165) is 29.4 Å². The lowest BCUT2D eigenvalue weighted by Crippen LogP contribution is -2.37. The van der Waals surface area contributed by atoms with Gasteiger partial charge < -0.3 is 10.2 Å². The van der Waals surface area contributed by atoms with Crippen molar-refractivity contribution >= 4 is 17.2 Å². The zero-order chi connectivity index (χ0) is 16.8. The molecule has 1 N–H and O–H groups in total. The van der Waals surface area contributed by atoms with Gasteiger partial charge in [-0.2, -0.15) is 0 Å². The minimum atomic E-state index is 0.100. The van der Waals surface area contributed by atoms with E-state index in [1.807, 2.05) is 5.38 Å². The van der Waals surface area contributed by atoms with Crippen LogP contribution in [0.25, 0.3) is 10.7 Å². The first kappa shape index (κ1) is 17.0. The summed E-state index contributed by atoms with van der Waals surface area (Å²) in [5.74, 6) is 0.100. The summed E-state index contributed by atoms with van der Waals surface area (Å²) in [6, 6.07) is 0.548. The lowest BCUT2D eigenvalue weighted by molar-refractivity contribution is -0.121. The maximum absolute atomic E-state index is 12.1. The summed E-state index contributed by atoms with van der Waals surface area (Å²) in [7, 11) is 2.16. The molecule has 1 aliphatic rings. The third-order valence-corrected chi connectivity index (χ3v) is 5.34. The van der Waals surface area contributed by atoms with Crippen molar-refractivity contribution in [3.63, 3.8) is 0 Å². The highest BCUT2D eigenvalue weighted by atomic mass is 32.1. The molecule has 2 aromatic rings. The van der Waals surface area contributed by atoms with Crippen LogP contribution in [0.3, 0.4) is 0 Å². The van der Waals surface area contributed by atoms with Crippen LogP contribution in [0.15, 0.2) is 24.0 Å². The zero-order valence-electron chi connectivity index (χ0n) is 13.9. The number of hydrogen-bond donors (Lipinski definition) is 1. The highest BCUT2D eigenvalue weighted by Crippen LogP contribution is 2.21. The topological polar surface area (TPSA) is 71.0 Å². The van der Waals surface area contributed by atoms with Gasteiger partial charge in [-0.1, -0.05) is 6.42 Å². The SMILES string of the molecule is CN1CCCC[C@@H]1CCC(=O)NCc1csc(-c2cnccn2)n1. The Morgan fingerprint density at radius 2 is 2.33 bits per heavy atom. The molecule has 7 heteroatoms. The van der Waals surface area contributed by atoms with E-state index in [2.05, 4.69) is 32.2 Å². The van der Waals surface area contributed by atoms with E-state index in [0.29, 0.717) is 19.0 Å². The number of amides is 1. The molecule has 1 saturated heterocycles. The minimum Gasteiger partial charge on any atom is -0.350 e. The number of thiazole rings is 1. The highest BCUT2D eigenvalue weighted by Gasteiger charge is 2.19. The van der Waals surface area contributed by atoms with E-state index in [4.69, 9.17) is 0 Å². The number of nitrogens with one attached hydrogen (secondary N) is 1. The van der Waals surface area contributed by atoms with E-state index in [9.17, 15) is 4.79 Å². The largest absolute Gasteiger partial charge is 0.350 e. The number of nitrogens with zero attached hydrogens (tertiary/aromatic N) is 4. The van der Waals surface area contributed by atoms with E-state index in [1.165, 1.54) is 30.6 Å². The van der Waals surface area contributed by atoms with Gasteiger partial charge in [-0.15, -0.1) is 11.3 Å². The normalized spacial score (nSPS) is 18.5. The monoisotopic (exact) mass is 345 g/mol. The average molecular weight is 345 g/mol. The lowest BCUT2D eigenvalue weighted by atomic mass is 9.98. The number of aromatic nitrogens is 3. The Labute approximate surface area is 146 Å². The molecule has 2 aromatic heterocycles. The lowest BCUT2D eigenvalue weighted by Gasteiger charge is -2.32. The molecular formula is C17H23N5OS. The fourth-order valence-corrected chi connectivity index (χ4v) is 3.78. The summed E-state index contributed by atoms with van der Waals surface area (Å²) in [5, 5.41) is 5.76. The summed E-state index contributed by atoms with van der Waals surface area (Å²) >= 11 is 1.52. The molecule has 3 heterocycles. The van der Waals surface area contributed by atoms with Gasteiger partial charge in [0.25, 0.3) is 0 Å². The van der Waals surface area contributed by atoms with Crippen LogP contribution in [-0.2, 0) is 11.3 Å². The van der Waals surface area contributed by atoms with Gasteiger partial charge in [0, 0.05) is 30.2 Å². The van der Waals surface area contributed by atoms with Gasteiger partial charge in [0.05, 0.1) is 18.4 Å². The van der Waals surface area contributed by atoms with Crippen molar-refractivity contribution in [1.82, 2.24) is 25.2 Å². The van der Waals surface area contributed by atoms with E-state index in [1.54, 1.807) is 18.6 Å². The molecule has 0 aliphatic carbocycles. The molecule has 3 rings (SSSR count). The van der Waals surface area contributed by atoms with E-state index >= 15 is 0 Å². The maximum Gasteiger partial charge on any atom is 0.220 e. The van der Waals surface area contributed by atoms with Crippen molar-refractivity contribution in [3.05, 3.63) is 29.7 Å². The predicted molar refractivity (Wildman–Crippen MR) is 94.5 cm³/mol. The summed E-state index contributed by atoms with van der Waals surface area (Å²) in [6.07, 6.45) is 10.3. The quantitative estimate of drug-likeness (QED) is 0.871. The Kier molecular flexibility index (Phi) is 5.87. The molecule has 128 valence electrons. The summed E-state index contributed by atoms with van der Waals surface area (Å²) < 4.78 is 0. The zero-order valence-corrected chi connectivity index (χ0v) is 14.8. The molecule has 1 atom stereocenters. The molecule has 0 radical (unpaired) electrons. The average Bonchev–Trinajstić information content (AvgIpc) is 3.09. The molecule has 1 aliphatic heterocycles. The molecule has 0 unspecified atom stereocenters. The second-order valence-electron chi connectivity index (χ2n) is 6.18. The Morgan fingerprint density at radius 1 is 1.42 bits per heavy atom. The smallest absolute Gasteiger partial charge is 0.220 e. The van der Waals surface area contributed by atoms with Crippen LogP contribution in [0.2, 0.25) is 0 Å². The van der Waals surface area contributed by atoms with Crippen LogP contribution in [0.5, 0.6) is 0 Å². The first-order valence-electron chi connectivity index (χ1n) is 8.40. The molecule has 0 bridgehead atoms. The first-order chi connectivity index (χ1) is 11.7. The second-order valence-corrected chi connectivity index (χ2v) is 7.04. The van der Waals surface area contributed by atoms with Crippen molar-refractivity contribution in [1.29, 1.82) is 0 Å². The first-order valence-corrected chi connectivity index (χ1v) is 9.28. The summed E-state index contributed by atoms with van der Waals surface area (Å²) in [5.41, 5.74) is 1.63. The molecular weight excluding hydrogens is 322 g/mol. The Hall–Kier alpha value is -1.86. The van der Waals surface area contributed by atoms with Gasteiger partial charge in [-0.3, -0.25) is 14.8 Å². The maximum atomic E-state index is 12.1. The van der Waals surface area contributed by atoms with Crippen molar-refractivity contribution in [2.75, 3.05) is 13.6 Å². The molecule has 1 fully saturated rings. The molecule has 0 aromatic carbocycles. The molecule has 6 nitrogen and oxygen atoms in total. The Balaban J connectivity index is 1.44. The molecule has 0 saturated carbocycles. The standard InChI is InChI=1S/C17H23N5OS/c1-22-9-3-2-4-14(22)5-6-16(23)20-10-13-12-24-17(21-13)15-11-18-7-8-19-15/h7-8,11-12,14H,2-6,9-10H2,1H3,(H,20,23)/t14-/m1/s1. The van der Waals surface area contributed by atoms with Crippen LogP contribution in [-0.4, -0.2) is 45.4 Å². The highest BCUT2D eigenvalue weighted by molar-refractivity contribution is 7.13. The fourth-order valence-electron chi connectivity index (χ4n) is 3.00. The van der Waals surface area contributed by atoms with Crippen LogP contribution >= 0.6 is 11.3 Å². The van der Waals surface area contributed by atoms with Gasteiger partial charge in [0.15, 0.2) is 0 Å². The second kappa shape index (κ2) is 8.30. The molecule has 0 spiro atoms. The van der Waals surface area contributed by atoms with Gasteiger partial charge in [-0.05, 0) is 32.9 Å². The Morgan fingerprint density at radius 3 is 3.12 bits per heavy atom. The number of rotatable bonds is 6. The molecule has 24 heavy (non-hydrogen) atoms. The number of carbonyl (C=O) groups is 1. The summed E-state index contributed by atoms with van der Waals surface area (Å²) in [6.45, 7) is 1.62. The van der Waals surface area contributed by atoms with E-state index in [-0.39, 0.29) is 5.91 Å². The van der Waals surface area contributed by atoms with Crippen molar-refractivity contribution in [2.45, 2.75) is 44.7 Å². The van der Waals surface area contributed by atoms with Gasteiger partial charge in [-0.25, -0.2) is 4.98 Å². The number of piperidine rings is 1. The van der Waals surface area contributed by atoms with Gasteiger partial charge >= 0.3 is 0 Å². The van der Waals surface area contributed by atoms with Crippen molar-refractivity contribution < 1.29 is 4.79 Å². The van der Waals surface area contributed by atoms with Crippen LogP contribution in [0.1, 0.15) is 37.8 Å². The predicted octanol–water partition coefficient (Wildman–Crippen LogP) is 2.48. The third-order valence-electron chi connectivity index (χ3n) is 4.43. The van der Waals surface area contributed by atoms with Gasteiger partial charge in [0.1, 0.15) is 10.7 Å². The third kappa shape index (κ3) is 4.58. The fraction of sp³-hybridized carbons (Fsp3) is 0.529. The number of carbonyl (C=O) groups excluding carboxylic acids is 1. The minimum absolute atomic E-state index is 0.100. The van der Waals surface area contributed by atoms with Crippen LogP contribution < -0.4 is 5.32 Å². The van der Waals surface area contributed by atoms with Crippen LogP contribution in [0, 0.1) is 0 Å². The number of hydrogen-bond acceptors (Lipinski definition) is 6.